The molecule has 0 spiro atoms. The number of anilines is 1. The van der Waals surface area contributed by atoms with Crippen LogP contribution >= 0.6 is 0 Å². The molecule has 22 heavy (non-hydrogen) atoms. The first-order valence-electron chi connectivity index (χ1n) is 6.61. The molecular weight excluding hydrogens is 284 g/mol. The van der Waals surface area contributed by atoms with Gasteiger partial charge in [-0.3, -0.25) is 4.79 Å². The SMILES string of the molecule is CCOc1nc(C=O)cc(N)c1C#N.CNCc1ccco1. The van der Waals surface area contributed by atoms with Crippen LogP contribution in [0.5, 0.6) is 5.88 Å². The number of rotatable bonds is 5. The molecule has 2 aromatic heterocycles. The third-order valence-electron chi connectivity index (χ3n) is 2.48. The highest BCUT2D eigenvalue weighted by Gasteiger charge is 2.10. The van der Waals surface area contributed by atoms with Gasteiger partial charge in [0.15, 0.2) is 6.29 Å². The topological polar surface area (TPSA) is 114 Å². The summed E-state index contributed by atoms with van der Waals surface area (Å²) < 4.78 is 10.1. The molecule has 0 aliphatic rings. The van der Waals surface area contributed by atoms with Gasteiger partial charge in [0.05, 0.1) is 25.1 Å². The molecular formula is C15H18N4O3. The number of pyridine rings is 1. The number of nitrogens with one attached hydrogen (secondary N) is 1. The third-order valence-corrected chi connectivity index (χ3v) is 2.48. The number of nitrogens with two attached hydrogens (primary N) is 1. The zero-order chi connectivity index (χ0) is 16.4. The highest BCUT2D eigenvalue weighted by Crippen LogP contribution is 2.21. The zero-order valence-electron chi connectivity index (χ0n) is 12.5. The average molecular weight is 302 g/mol. The Hall–Kier alpha value is -2.85. The monoisotopic (exact) mass is 302 g/mol. The van der Waals surface area contributed by atoms with E-state index in [0.717, 1.165) is 12.3 Å². The first-order chi connectivity index (χ1) is 10.7. The van der Waals surface area contributed by atoms with Crippen LogP contribution in [0.2, 0.25) is 0 Å². The van der Waals surface area contributed by atoms with E-state index in [4.69, 9.17) is 20.1 Å². The van der Waals surface area contributed by atoms with E-state index in [1.165, 1.54) is 6.07 Å². The fourth-order valence-electron chi connectivity index (χ4n) is 1.56. The van der Waals surface area contributed by atoms with E-state index in [1.54, 1.807) is 13.2 Å². The second-order valence-corrected chi connectivity index (χ2v) is 4.09. The lowest BCUT2D eigenvalue weighted by Crippen LogP contribution is -2.03. The average Bonchev–Trinajstić information content (AvgIpc) is 3.01. The minimum Gasteiger partial charge on any atom is -0.477 e. The number of nitriles is 1. The third kappa shape index (κ3) is 4.92. The van der Waals surface area contributed by atoms with Gasteiger partial charge in [-0.25, -0.2) is 4.98 Å². The maximum absolute atomic E-state index is 10.5. The lowest BCUT2D eigenvalue weighted by atomic mass is 10.2. The normalized spacial score (nSPS) is 9.32. The van der Waals surface area contributed by atoms with Crippen LogP contribution < -0.4 is 15.8 Å². The summed E-state index contributed by atoms with van der Waals surface area (Å²) >= 11 is 0. The van der Waals surface area contributed by atoms with Crippen LogP contribution in [0.25, 0.3) is 0 Å². The first-order valence-corrected chi connectivity index (χ1v) is 6.61. The van der Waals surface area contributed by atoms with Crippen LogP contribution in [-0.2, 0) is 6.54 Å². The summed E-state index contributed by atoms with van der Waals surface area (Å²) in [6.07, 6.45) is 2.23. The Balaban J connectivity index is 0.000000255. The van der Waals surface area contributed by atoms with Crippen LogP contribution in [0, 0.1) is 11.3 Å². The molecule has 0 saturated heterocycles. The number of nitrogen functional groups attached to an aromatic ring is 1. The Bertz CT molecular complexity index is 633. The minimum absolute atomic E-state index is 0.108. The van der Waals surface area contributed by atoms with Gasteiger partial charge in [0.2, 0.25) is 5.88 Å². The molecule has 0 bridgehead atoms. The van der Waals surface area contributed by atoms with Crippen molar-refractivity contribution >= 4 is 12.0 Å². The van der Waals surface area contributed by atoms with Gasteiger partial charge in [-0.2, -0.15) is 5.26 Å². The van der Waals surface area contributed by atoms with Crippen molar-refractivity contribution in [3.8, 4) is 11.9 Å². The van der Waals surface area contributed by atoms with E-state index in [2.05, 4.69) is 10.3 Å². The van der Waals surface area contributed by atoms with Crippen molar-refractivity contribution in [1.82, 2.24) is 10.3 Å². The van der Waals surface area contributed by atoms with Crippen molar-refractivity contribution in [2.75, 3.05) is 19.4 Å². The Kier molecular flexibility index (Phi) is 7.16. The van der Waals surface area contributed by atoms with E-state index < -0.39 is 0 Å². The van der Waals surface area contributed by atoms with Gasteiger partial charge in [0.25, 0.3) is 0 Å². The molecule has 0 radical (unpaired) electrons. The Morgan fingerprint density at radius 2 is 2.36 bits per heavy atom. The lowest BCUT2D eigenvalue weighted by Gasteiger charge is -2.06. The molecule has 3 N–H and O–H groups in total. The van der Waals surface area contributed by atoms with Gasteiger partial charge in [-0.05, 0) is 32.2 Å². The maximum Gasteiger partial charge on any atom is 0.234 e. The summed E-state index contributed by atoms with van der Waals surface area (Å²) in [4.78, 5) is 14.3. The van der Waals surface area contributed by atoms with E-state index >= 15 is 0 Å². The van der Waals surface area contributed by atoms with Gasteiger partial charge < -0.3 is 20.2 Å². The highest BCUT2D eigenvalue weighted by molar-refractivity contribution is 5.76. The molecule has 0 fully saturated rings. The molecule has 2 heterocycles. The van der Waals surface area contributed by atoms with E-state index in [1.807, 2.05) is 25.2 Å². The van der Waals surface area contributed by atoms with Crippen LogP contribution in [0.3, 0.4) is 0 Å². The first kappa shape index (κ1) is 17.2. The van der Waals surface area contributed by atoms with Gasteiger partial charge in [-0.1, -0.05) is 0 Å². The predicted molar refractivity (Wildman–Crippen MR) is 81.4 cm³/mol. The molecule has 7 heteroatoms. The molecule has 2 aromatic rings. The minimum atomic E-state index is 0.108. The molecule has 0 amide bonds. The van der Waals surface area contributed by atoms with Gasteiger partial charge in [0, 0.05) is 0 Å². The fraction of sp³-hybridized carbons (Fsp3) is 0.267. The number of nitrogens with zero attached hydrogens (tertiary/aromatic N) is 2. The predicted octanol–water partition coefficient (Wildman–Crippen LogP) is 1.75. The van der Waals surface area contributed by atoms with Crippen molar-refractivity contribution in [3.05, 3.63) is 41.5 Å². The summed E-state index contributed by atoms with van der Waals surface area (Å²) in [5, 5.41) is 11.7. The smallest absolute Gasteiger partial charge is 0.234 e. The van der Waals surface area contributed by atoms with Crippen LogP contribution in [-0.4, -0.2) is 24.9 Å². The standard InChI is InChI=1S/C9H9N3O2.C6H9NO/c1-2-14-9-7(4-10)8(11)3-6(5-13)12-9;1-7-5-6-3-2-4-8-6/h3,5H,2H2,1H3,(H2,11,12);2-4,7H,5H2,1H3. The van der Waals surface area contributed by atoms with Crippen molar-refractivity contribution in [2.45, 2.75) is 13.5 Å². The van der Waals surface area contributed by atoms with Crippen molar-refractivity contribution in [2.24, 2.45) is 0 Å². The summed E-state index contributed by atoms with van der Waals surface area (Å²) in [5.41, 5.74) is 6.06. The molecule has 0 unspecified atom stereocenters. The van der Waals surface area contributed by atoms with Gasteiger partial charge in [-0.15, -0.1) is 0 Å². The molecule has 0 saturated carbocycles. The number of aromatic nitrogens is 1. The quantitative estimate of drug-likeness (QED) is 0.808. The number of aldehydes is 1. The van der Waals surface area contributed by atoms with Crippen LogP contribution in [0.15, 0.2) is 28.9 Å². The number of ether oxygens (including phenoxy) is 1. The molecule has 7 nitrogen and oxygen atoms in total. The summed E-state index contributed by atoms with van der Waals surface area (Å²) in [6, 6.07) is 7.04. The number of carbonyl (C=O) groups is 1. The fourth-order valence-corrected chi connectivity index (χ4v) is 1.56. The Morgan fingerprint density at radius 1 is 1.59 bits per heavy atom. The number of hydrogen-bond acceptors (Lipinski definition) is 7. The van der Waals surface area contributed by atoms with Crippen LogP contribution in [0.4, 0.5) is 5.69 Å². The molecule has 2 rings (SSSR count). The lowest BCUT2D eigenvalue weighted by molar-refractivity contribution is 0.111. The molecule has 0 aromatic carbocycles. The molecule has 0 aliphatic carbocycles. The zero-order valence-corrected chi connectivity index (χ0v) is 12.5. The van der Waals surface area contributed by atoms with Crippen molar-refractivity contribution in [3.63, 3.8) is 0 Å². The number of hydrogen-bond donors (Lipinski definition) is 2. The second-order valence-electron chi connectivity index (χ2n) is 4.09. The second kappa shape index (κ2) is 9.15. The molecule has 116 valence electrons. The molecule has 0 aliphatic heterocycles. The maximum atomic E-state index is 10.5. The Morgan fingerprint density at radius 3 is 2.86 bits per heavy atom. The Labute approximate surface area is 128 Å². The van der Waals surface area contributed by atoms with E-state index in [9.17, 15) is 4.79 Å². The number of furan rings is 1. The number of carbonyl (C=O) groups excluding carboxylic acids is 1. The summed E-state index contributed by atoms with van der Waals surface area (Å²) in [7, 11) is 1.89. The van der Waals surface area contributed by atoms with Gasteiger partial charge >= 0.3 is 0 Å². The highest BCUT2D eigenvalue weighted by atomic mass is 16.5. The van der Waals surface area contributed by atoms with Gasteiger partial charge in [0.1, 0.15) is 23.1 Å². The van der Waals surface area contributed by atoms with Crippen molar-refractivity contribution < 1.29 is 13.9 Å². The van der Waals surface area contributed by atoms with Crippen LogP contribution in [0.1, 0.15) is 28.7 Å². The van der Waals surface area contributed by atoms with E-state index in [-0.39, 0.29) is 22.8 Å². The van der Waals surface area contributed by atoms with E-state index in [0.29, 0.717) is 12.9 Å². The summed E-state index contributed by atoms with van der Waals surface area (Å²) in [5.74, 6) is 1.09. The van der Waals surface area contributed by atoms with Crippen molar-refractivity contribution in [1.29, 1.82) is 5.26 Å². The molecule has 0 atom stereocenters. The largest absolute Gasteiger partial charge is 0.477 e. The summed E-state index contributed by atoms with van der Waals surface area (Å²) in [6.45, 7) is 2.93.